The van der Waals surface area contributed by atoms with Crippen LogP contribution in [-0.2, 0) is 0 Å². The van der Waals surface area contributed by atoms with E-state index < -0.39 is 0 Å². The molecule has 74 valence electrons. The van der Waals surface area contributed by atoms with Crippen LogP contribution in [0.1, 0.15) is 13.8 Å². The fourth-order valence-electron chi connectivity index (χ4n) is 0.743. The Morgan fingerprint density at radius 2 is 1.85 bits per heavy atom. The summed E-state index contributed by atoms with van der Waals surface area (Å²) in [4.78, 5) is 2.01. The molecular weight excluding hydrogens is 162 g/mol. The molecule has 13 heavy (non-hydrogen) atoms. The Morgan fingerprint density at radius 1 is 1.15 bits per heavy atom. The van der Waals surface area contributed by atoms with E-state index in [-0.39, 0.29) is 0 Å². The van der Waals surface area contributed by atoms with Gasteiger partial charge in [0.1, 0.15) is 6.34 Å². The van der Waals surface area contributed by atoms with Gasteiger partial charge in [-0.05, 0) is 13.8 Å². The lowest BCUT2D eigenvalue weighted by Crippen LogP contribution is -2.17. The smallest absolute Gasteiger partial charge is 0.111 e. The lowest BCUT2D eigenvalue weighted by Gasteiger charge is -2.11. The highest BCUT2D eigenvalue weighted by Crippen LogP contribution is 1.85. The first-order chi connectivity index (χ1) is 6.20. The molecule has 0 aliphatic heterocycles. The number of rotatable bonds is 5. The van der Waals surface area contributed by atoms with E-state index in [2.05, 4.69) is 11.2 Å². The number of allylic oxidation sites excluding steroid dienone is 2. The van der Waals surface area contributed by atoms with Crippen molar-refractivity contribution in [3.63, 3.8) is 0 Å². The number of hydrogen-bond acceptors (Lipinski definition) is 2. The van der Waals surface area contributed by atoms with E-state index in [9.17, 15) is 0 Å². The highest BCUT2D eigenvalue weighted by molar-refractivity contribution is 5.54. The number of hydrogen-bond donors (Lipinski definition) is 0. The van der Waals surface area contributed by atoms with Crippen LogP contribution in [0.2, 0.25) is 0 Å². The third-order valence-electron chi connectivity index (χ3n) is 1.42. The van der Waals surface area contributed by atoms with Crippen molar-refractivity contribution in [3.05, 3.63) is 24.4 Å². The molecule has 0 atom stereocenters. The van der Waals surface area contributed by atoms with Gasteiger partial charge in [0.15, 0.2) is 0 Å². The summed E-state index contributed by atoms with van der Waals surface area (Å²) in [5.74, 6) is 0. The largest absolute Gasteiger partial charge is 0.361 e. The molecule has 0 radical (unpaired) electrons. The number of likely N-dealkylation sites (N-methyl/N-ethyl adjacent to an activating group) is 1. The van der Waals surface area contributed by atoms with E-state index >= 15 is 0 Å². The zero-order valence-electron chi connectivity index (χ0n) is 8.94. The molecule has 0 N–H and O–H groups in total. The Kier molecular flexibility index (Phi) is 6.69. The first-order valence-electron chi connectivity index (χ1n) is 4.41. The minimum atomic E-state index is 0.893. The Balaban J connectivity index is 3.81. The van der Waals surface area contributed by atoms with Gasteiger partial charge in [-0.2, -0.15) is 5.10 Å². The second-order valence-electron chi connectivity index (χ2n) is 2.80. The van der Waals surface area contributed by atoms with E-state index in [0.29, 0.717) is 0 Å². The summed E-state index contributed by atoms with van der Waals surface area (Å²) < 4.78 is 0. The Hall–Kier alpha value is -1.25. The van der Waals surface area contributed by atoms with Gasteiger partial charge < -0.3 is 4.90 Å². The van der Waals surface area contributed by atoms with Gasteiger partial charge in [0.25, 0.3) is 0 Å². The van der Waals surface area contributed by atoms with E-state index in [1.807, 2.05) is 51.2 Å². The normalized spacial score (nSPS) is 12.0. The summed E-state index contributed by atoms with van der Waals surface area (Å²) in [5.41, 5.74) is 0. The molecule has 0 saturated heterocycles. The monoisotopic (exact) mass is 181 g/mol. The lowest BCUT2D eigenvalue weighted by molar-refractivity contribution is 0.470. The average molecular weight is 181 g/mol. The Labute approximate surface area is 81.0 Å². The second-order valence-corrected chi connectivity index (χ2v) is 2.80. The maximum absolute atomic E-state index is 4.18. The topological polar surface area (TPSA) is 18.8 Å². The van der Waals surface area contributed by atoms with Gasteiger partial charge in [-0.3, -0.25) is 5.01 Å². The van der Waals surface area contributed by atoms with Crippen molar-refractivity contribution in [2.45, 2.75) is 13.8 Å². The summed E-state index contributed by atoms with van der Waals surface area (Å²) in [7, 11) is 3.90. The zero-order valence-corrected chi connectivity index (χ0v) is 8.94. The van der Waals surface area contributed by atoms with Gasteiger partial charge in [0.2, 0.25) is 0 Å². The standard InChI is InChI=1S/C10H19N3/c1-5-7-9-12(3)10-11-13(4)8-6-2/h5-8,10H,9H2,1-4H3/b7-5-,8-6-,11-10-. The van der Waals surface area contributed by atoms with Crippen LogP contribution < -0.4 is 0 Å². The van der Waals surface area contributed by atoms with Crippen molar-refractivity contribution in [1.82, 2.24) is 9.91 Å². The predicted molar refractivity (Wildman–Crippen MR) is 58.5 cm³/mol. The highest BCUT2D eigenvalue weighted by Gasteiger charge is 1.86. The van der Waals surface area contributed by atoms with Crippen molar-refractivity contribution in [1.29, 1.82) is 0 Å². The quantitative estimate of drug-likeness (QED) is 0.279. The molecular formula is C10H19N3. The van der Waals surface area contributed by atoms with Crippen LogP contribution in [0.5, 0.6) is 0 Å². The van der Waals surface area contributed by atoms with Gasteiger partial charge in [0, 0.05) is 26.8 Å². The molecule has 3 nitrogen and oxygen atoms in total. The Bertz CT molecular complexity index is 194. The molecule has 0 heterocycles. The summed E-state index contributed by atoms with van der Waals surface area (Å²) in [6.07, 6.45) is 9.77. The molecule has 0 bridgehead atoms. The second kappa shape index (κ2) is 7.40. The van der Waals surface area contributed by atoms with E-state index in [1.54, 1.807) is 11.3 Å². The van der Waals surface area contributed by atoms with Crippen LogP contribution in [0.3, 0.4) is 0 Å². The Morgan fingerprint density at radius 3 is 2.38 bits per heavy atom. The zero-order chi connectivity index (χ0) is 10.1. The summed E-state index contributed by atoms with van der Waals surface area (Å²) in [6.45, 7) is 4.87. The molecule has 0 aliphatic rings. The molecule has 0 fully saturated rings. The molecule has 0 unspecified atom stereocenters. The molecule has 0 aromatic rings. The van der Waals surface area contributed by atoms with Crippen LogP contribution >= 0.6 is 0 Å². The van der Waals surface area contributed by atoms with Crippen LogP contribution in [0.4, 0.5) is 0 Å². The van der Waals surface area contributed by atoms with Crippen molar-refractivity contribution in [2.24, 2.45) is 5.10 Å². The van der Waals surface area contributed by atoms with E-state index in [1.165, 1.54) is 0 Å². The van der Waals surface area contributed by atoms with Gasteiger partial charge in [-0.1, -0.05) is 18.2 Å². The van der Waals surface area contributed by atoms with Crippen molar-refractivity contribution in [2.75, 3.05) is 20.6 Å². The van der Waals surface area contributed by atoms with Crippen LogP contribution in [-0.4, -0.2) is 36.9 Å². The maximum Gasteiger partial charge on any atom is 0.111 e. The van der Waals surface area contributed by atoms with Gasteiger partial charge in [-0.25, -0.2) is 0 Å². The summed E-state index contributed by atoms with van der Waals surface area (Å²) in [6, 6.07) is 0. The van der Waals surface area contributed by atoms with Crippen molar-refractivity contribution < 1.29 is 0 Å². The summed E-state index contributed by atoms with van der Waals surface area (Å²) in [5, 5.41) is 5.95. The summed E-state index contributed by atoms with van der Waals surface area (Å²) >= 11 is 0. The maximum atomic E-state index is 4.18. The molecule has 0 amide bonds. The molecule has 0 saturated carbocycles. The SMILES string of the molecule is C/C=C\CN(C)/C=N\N(C)/C=C\C. The first kappa shape index (κ1) is 11.8. The first-order valence-corrected chi connectivity index (χ1v) is 4.41. The van der Waals surface area contributed by atoms with Crippen LogP contribution in [0, 0.1) is 0 Å². The van der Waals surface area contributed by atoms with Crippen LogP contribution in [0.15, 0.2) is 29.5 Å². The van der Waals surface area contributed by atoms with Gasteiger partial charge in [-0.15, -0.1) is 0 Å². The fraction of sp³-hybridized carbons (Fsp3) is 0.500. The third-order valence-corrected chi connectivity index (χ3v) is 1.42. The lowest BCUT2D eigenvalue weighted by atomic mass is 10.5. The number of nitrogens with zero attached hydrogens (tertiary/aromatic N) is 3. The predicted octanol–water partition coefficient (Wildman–Crippen LogP) is 1.90. The van der Waals surface area contributed by atoms with Crippen molar-refractivity contribution in [3.8, 4) is 0 Å². The third kappa shape index (κ3) is 7.12. The molecule has 0 spiro atoms. The minimum absolute atomic E-state index is 0.893. The van der Waals surface area contributed by atoms with Gasteiger partial charge >= 0.3 is 0 Å². The van der Waals surface area contributed by atoms with E-state index in [0.717, 1.165) is 6.54 Å². The van der Waals surface area contributed by atoms with E-state index in [4.69, 9.17) is 0 Å². The average Bonchev–Trinajstić information content (AvgIpc) is 2.12. The molecule has 0 aromatic heterocycles. The van der Waals surface area contributed by atoms with Crippen LogP contribution in [0.25, 0.3) is 0 Å². The minimum Gasteiger partial charge on any atom is -0.361 e. The molecule has 3 heteroatoms. The number of hydrazone groups is 1. The fourth-order valence-corrected chi connectivity index (χ4v) is 0.743. The molecule has 0 rings (SSSR count). The highest BCUT2D eigenvalue weighted by atomic mass is 15.4. The molecule has 0 aromatic carbocycles. The van der Waals surface area contributed by atoms with Gasteiger partial charge in [0.05, 0.1) is 0 Å². The molecule has 0 aliphatic carbocycles. The van der Waals surface area contributed by atoms with Crippen molar-refractivity contribution >= 4 is 6.34 Å².